The van der Waals surface area contributed by atoms with E-state index < -0.39 is 5.82 Å². The number of aryl methyl sites for hydroxylation is 1. The smallest absolute Gasteiger partial charge is 0.168 e. The summed E-state index contributed by atoms with van der Waals surface area (Å²) in [5, 5.41) is 9.79. The number of halogens is 1. The van der Waals surface area contributed by atoms with E-state index in [1.165, 1.54) is 0 Å². The van der Waals surface area contributed by atoms with E-state index in [0.717, 1.165) is 12.8 Å². The van der Waals surface area contributed by atoms with E-state index in [4.69, 9.17) is 10.5 Å². The molecular formula is C13H18FNO2. The third-order valence-corrected chi connectivity index (χ3v) is 3.47. The fourth-order valence-electron chi connectivity index (χ4n) is 2.28. The lowest BCUT2D eigenvalue weighted by molar-refractivity contribution is 0.0580. The van der Waals surface area contributed by atoms with Gasteiger partial charge in [0.15, 0.2) is 11.6 Å². The molecule has 0 bridgehead atoms. The lowest BCUT2D eigenvalue weighted by Gasteiger charge is -2.28. The largest absolute Gasteiger partial charge is 0.505 e. The highest BCUT2D eigenvalue weighted by molar-refractivity contribution is 5.40. The molecule has 1 atom stereocenters. The fraction of sp³-hybridized carbons (Fsp3) is 0.538. The van der Waals surface area contributed by atoms with Gasteiger partial charge in [0.05, 0.1) is 0 Å². The van der Waals surface area contributed by atoms with Crippen LogP contribution in [-0.2, 0) is 4.74 Å². The summed E-state index contributed by atoms with van der Waals surface area (Å²) in [4.78, 5) is 0. The van der Waals surface area contributed by atoms with Gasteiger partial charge in [0, 0.05) is 24.8 Å². The Morgan fingerprint density at radius 2 is 2.06 bits per heavy atom. The van der Waals surface area contributed by atoms with Crippen LogP contribution in [0.1, 0.15) is 30.0 Å². The summed E-state index contributed by atoms with van der Waals surface area (Å²) in [7, 11) is 0. The average Bonchev–Trinajstić information content (AvgIpc) is 2.36. The van der Waals surface area contributed by atoms with Crippen LogP contribution in [0.15, 0.2) is 12.1 Å². The van der Waals surface area contributed by atoms with Gasteiger partial charge in [-0.25, -0.2) is 4.39 Å². The first-order valence-electron chi connectivity index (χ1n) is 5.92. The summed E-state index contributed by atoms with van der Waals surface area (Å²) >= 11 is 0. The Morgan fingerprint density at radius 1 is 1.41 bits per heavy atom. The molecule has 1 saturated heterocycles. The molecular weight excluding hydrogens is 221 g/mol. The Bertz CT molecular complexity index is 403. The highest BCUT2D eigenvalue weighted by atomic mass is 19.1. The predicted molar refractivity (Wildman–Crippen MR) is 63.3 cm³/mol. The molecule has 94 valence electrons. The van der Waals surface area contributed by atoms with Crippen LogP contribution in [-0.4, -0.2) is 18.3 Å². The molecule has 0 radical (unpaired) electrons. The minimum atomic E-state index is -0.565. The quantitative estimate of drug-likeness (QED) is 0.832. The molecule has 1 aliphatic rings. The molecule has 0 unspecified atom stereocenters. The third kappa shape index (κ3) is 2.42. The van der Waals surface area contributed by atoms with E-state index >= 15 is 0 Å². The van der Waals surface area contributed by atoms with E-state index in [0.29, 0.717) is 24.3 Å². The first-order valence-corrected chi connectivity index (χ1v) is 5.92. The second-order valence-electron chi connectivity index (χ2n) is 4.61. The number of rotatable bonds is 2. The number of hydrogen-bond acceptors (Lipinski definition) is 3. The number of hydrogen-bond donors (Lipinski definition) is 2. The average molecular weight is 239 g/mol. The second kappa shape index (κ2) is 5.02. The van der Waals surface area contributed by atoms with E-state index in [9.17, 15) is 9.50 Å². The minimum absolute atomic E-state index is 0.247. The number of nitrogens with two attached hydrogens (primary N) is 1. The van der Waals surface area contributed by atoms with Crippen molar-refractivity contribution in [3.05, 3.63) is 29.1 Å². The van der Waals surface area contributed by atoms with Crippen molar-refractivity contribution >= 4 is 0 Å². The van der Waals surface area contributed by atoms with Crippen molar-refractivity contribution < 1.29 is 14.2 Å². The van der Waals surface area contributed by atoms with Crippen molar-refractivity contribution in [2.24, 2.45) is 11.7 Å². The topological polar surface area (TPSA) is 55.5 Å². The number of phenolic OH excluding ortho intramolecular Hbond substituents is 1. The molecule has 1 fully saturated rings. The van der Waals surface area contributed by atoms with Gasteiger partial charge >= 0.3 is 0 Å². The molecule has 4 heteroatoms. The summed E-state index contributed by atoms with van der Waals surface area (Å²) in [5.41, 5.74) is 7.04. The van der Waals surface area contributed by atoms with Crippen LogP contribution in [0, 0.1) is 18.7 Å². The SMILES string of the molecule is Cc1ccc([C@@H](N)C2CCOCC2)c(O)c1F. The van der Waals surface area contributed by atoms with Gasteiger partial charge in [0.25, 0.3) is 0 Å². The highest BCUT2D eigenvalue weighted by Crippen LogP contribution is 2.34. The number of phenols is 1. The molecule has 1 aromatic rings. The van der Waals surface area contributed by atoms with Gasteiger partial charge in [0.2, 0.25) is 0 Å². The number of aromatic hydroxyl groups is 1. The van der Waals surface area contributed by atoms with E-state index in [1.54, 1.807) is 19.1 Å². The zero-order valence-corrected chi connectivity index (χ0v) is 9.95. The molecule has 0 spiro atoms. The van der Waals surface area contributed by atoms with E-state index in [2.05, 4.69) is 0 Å². The monoisotopic (exact) mass is 239 g/mol. The second-order valence-corrected chi connectivity index (χ2v) is 4.61. The van der Waals surface area contributed by atoms with Crippen molar-refractivity contribution in [2.75, 3.05) is 13.2 Å². The summed E-state index contributed by atoms with van der Waals surface area (Å²) < 4.78 is 18.9. The van der Waals surface area contributed by atoms with Crippen molar-refractivity contribution in [1.29, 1.82) is 0 Å². The van der Waals surface area contributed by atoms with Gasteiger partial charge < -0.3 is 15.6 Å². The summed E-state index contributed by atoms with van der Waals surface area (Å²) in [6.45, 7) is 3.00. The van der Waals surface area contributed by atoms with Crippen LogP contribution in [0.3, 0.4) is 0 Å². The van der Waals surface area contributed by atoms with Gasteiger partial charge in [-0.1, -0.05) is 12.1 Å². The molecule has 2 rings (SSSR count). The maximum atomic E-state index is 13.6. The Hall–Kier alpha value is -1.13. The Labute approximate surface area is 100 Å². The Morgan fingerprint density at radius 3 is 2.71 bits per heavy atom. The molecule has 1 heterocycles. The van der Waals surface area contributed by atoms with E-state index in [-0.39, 0.29) is 17.7 Å². The maximum absolute atomic E-state index is 13.6. The molecule has 0 amide bonds. The first-order chi connectivity index (χ1) is 8.11. The van der Waals surface area contributed by atoms with Crippen LogP contribution in [0.2, 0.25) is 0 Å². The highest BCUT2D eigenvalue weighted by Gasteiger charge is 2.25. The Balaban J connectivity index is 2.24. The Kier molecular flexibility index (Phi) is 3.64. The molecule has 1 aromatic carbocycles. The molecule has 17 heavy (non-hydrogen) atoms. The lowest BCUT2D eigenvalue weighted by atomic mass is 9.87. The van der Waals surface area contributed by atoms with Crippen LogP contribution in [0.4, 0.5) is 4.39 Å². The minimum Gasteiger partial charge on any atom is -0.505 e. The molecule has 0 aromatic heterocycles. The summed E-state index contributed by atoms with van der Waals surface area (Å²) in [6.07, 6.45) is 1.71. The summed E-state index contributed by atoms with van der Waals surface area (Å²) in [6, 6.07) is 3.05. The normalized spacial score (nSPS) is 19.2. The number of ether oxygens (including phenoxy) is 1. The van der Waals surface area contributed by atoms with Gasteiger partial charge in [-0.05, 0) is 31.2 Å². The van der Waals surface area contributed by atoms with Crippen molar-refractivity contribution in [3.63, 3.8) is 0 Å². The fourth-order valence-corrected chi connectivity index (χ4v) is 2.28. The first kappa shape index (κ1) is 12.3. The maximum Gasteiger partial charge on any atom is 0.168 e. The zero-order valence-electron chi connectivity index (χ0n) is 9.95. The predicted octanol–water partition coefficient (Wildman–Crippen LogP) is 2.27. The van der Waals surface area contributed by atoms with Crippen LogP contribution in [0.5, 0.6) is 5.75 Å². The van der Waals surface area contributed by atoms with Crippen LogP contribution >= 0.6 is 0 Å². The van der Waals surface area contributed by atoms with Crippen LogP contribution in [0.25, 0.3) is 0 Å². The molecule has 3 nitrogen and oxygen atoms in total. The zero-order chi connectivity index (χ0) is 12.4. The number of benzene rings is 1. The van der Waals surface area contributed by atoms with Gasteiger partial charge in [-0.2, -0.15) is 0 Å². The van der Waals surface area contributed by atoms with Gasteiger partial charge in [-0.15, -0.1) is 0 Å². The molecule has 3 N–H and O–H groups in total. The molecule has 0 saturated carbocycles. The van der Waals surface area contributed by atoms with Crippen molar-refractivity contribution in [3.8, 4) is 5.75 Å². The van der Waals surface area contributed by atoms with Gasteiger partial charge in [-0.3, -0.25) is 0 Å². The van der Waals surface area contributed by atoms with Crippen molar-refractivity contribution in [1.82, 2.24) is 0 Å². The molecule has 0 aliphatic carbocycles. The lowest BCUT2D eigenvalue weighted by Crippen LogP contribution is -2.27. The standard InChI is InChI=1S/C13H18FNO2/c1-8-2-3-10(13(16)11(8)14)12(15)9-4-6-17-7-5-9/h2-3,9,12,16H,4-7,15H2,1H3/t12-/m0/s1. The molecule has 1 aliphatic heterocycles. The van der Waals surface area contributed by atoms with Crippen LogP contribution < -0.4 is 5.73 Å². The van der Waals surface area contributed by atoms with E-state index in [1.807, 2.05) is 0 Å². The summed E-state index contributed by atoms with van der Waals surface area (Å²) in [5.74, 6) is -0.620. The van der Waals surface area contributed by atoms with Gasteiger partial charge in [0.1, 0.15) is 0 Å². The third-order valence-electron chi connectivity index (χ3n) is 3.47. The van der Waals surface area contributed by atoms with Crippen molar-refractivity contribution in [2.45, 2.75) is 25.8 Å².